The first kappa shape index (κ1) is 13.8. The molecule has 1 N–H and O–H groups in total. The monoisotopic (exact) mass is 286 g/mol. The molecule has 1 amide bonds. The topological polar surface area (TPSA) is 32.3 Å². The van der Waals surface area contributed by atoms with E-state index in [1.54, 1.807) is 0 Å². The van der Waals surface area contributed by atoms with Gasteiger partial charge < -0.3 is 4.90 Å². The van der Waals surface area contributed by atoms with Crippen molar-refractivity contribution < 1.29 is 4.79 Å². The van der Waals surface area contributed by atoms with Crippen molar-refractivity contribution in [1.82, 2.24) is 10.2 Å². The van der Waals surface area contributed by atoms with E-state index in [9.17, 15) is 4.79 Å². The molecule has 2 atom stereocenters. The molecular formula is C13H19ClN2OS. The van der Waals surface area contributed by atoms with Crippen LogP contribution in [-0.4, -0.2) is 29.9 Å². The molecule has 18 heavy (non-hydrogen) atoms. The minimum Gasteiger partial charge on any atom is -0.341 e. The van der Waals surface area contributed by atoms with E-state index in [1.807, 2.05) is 23.3 Å². The van der Waals surface area contributed by atoms with Gasteiger partial charge in [0.15, 0.2) is 0 Å². The molecule has 1 saturated heterocycles. The van der Waals surface area contributed by atoms with Gasteiger partial charge in [-0.1, -0.05) is 11.6 Å². The fraction of sp³-hybridized carbons (Fsp3) is 0.615. The normalized spacial score (nSPS) is 18.9. The van der Waals surface area contributed by atoms with E-state index >= 15 is 0 Å². The Kier molecular flexibility index (Phi) is 4.65. The van der Waals surface area contributed by atoms with Crippen molar-refractivity contribution in [2.24, 2.45) is 0 Å². The van der Waals surface area contributed by atoms with Gasteiger partial charge in [-0.05, 0) is 43.7 Å². The Morgan fingerprint density at radius 1 is 1.44 bits per heavy atom. The molecule has 3 nitrogen and oxygen atoms in total. The molecule has 1 aliphatic heterocycles. The Bertz CT molecular complexity index is 415. The standard InChI is InChI=1S/C13H19ClN2OS/c1-9(11-7-12(14)18-8-11)15-10(2)13(17)16-5-3-4-6-16/h7-10,15H,3-6H2,1-2H3. The number of amides is 1. The summed E-state index contributed by atoms with van der Waals surface area (Å²) in [5.74, 6) is 0.209. The van der Waals surface area contributed by atoms with Crippen LogP contribution in [0.4, 0.5) is 0 Å². The Morgan fingerprint density at radius 3 is 2.67 bits per heavy atom. The zero-order chi connectivity index (χ0) is 13.1. The van der Waals surface area contributed by atoms with Gasteiger partial charge in [-0.3, -0.25) is 10.1 Å². The van der Waals surface area contributed by atoms with E-state index in [0.717, 1.165) is 35.8 Å². The predicted molar refractivity (Wildman–Crippen MR) is 76.2 cm³/mol. The zero-order valence-electron chi connectivity index (χ0n) is 10.8. The SMILES string of the molecule is CC(NC(C)c1csc(Cl)c1)C(=O)N1CCCC1. The Morgan fingerprint density at radius 2 is 2.11 bits per heavy atom. The second kappa shape index (κ2) is 6.04. The van der Waals surface area contributed by atoms with E-state index in [2.05, 4.69) is 12.2 Å². The van der Waals surface area contributed by atoms with Crippen LogP contribution in [0.5, 0.6) is 0 Å². The van der Waals surface area contributed by atoms with E-state index in [1.165, 1.54) is 11.3 Å². The number of thiophene rings is 1. The lowest BCUT2D eigenvalue weighted by Crippen LogP contribution is -2.44. The molecule has 2 rings (SSSR count). The highest BCUT2D eigenvalue weighted by Gasteiger charge is 2.24. The van der Waals surface area contributed by atoms with Gasteiger partial charge in [0.1, 0.15) is 0 Å². The van der Waals surface area contributed by atoms with Crippen molar-refractivity contribution in [2.45, 2.75) is 38.8 Å². The van der Waals surface area contributed by atoms with Crippen LogP contribution in [0.15, 0.2) is 11.4 Å². The van der Waals surface area contributed by atoms with Gasteiger partial charge in [0, 0.05) is 19.1 Å². The second-order valence-corrected chi connectivity index (χ2v) is 6.37. The summed E-state index contributed by atoms with van der Waals surface area (Å²) in [6, 6.07) is 1.96. The average Bonchev–Trinajstić information content (AvgIpc) is 2.98. The van der Waals surface area contributed by atoms with Crippen LogP contribution < -0.4 is 5.32 Å². The molecule has 0 saturated carbocycles. The maximum atomic E-state index is 12.2. The van der Waals surface area contributed by atoms with E-state index in [-0.39, 0.29) is 18.0 Å². The van der Waals surface area contributed by atoms with Crippen LogP contribution >= 0.6 is 22.9 Å². The lowest BCUT2D eigenvalue weighted by molar-refractivity contribution is -0.132. The van der Waals surface area contributed by atoms with Crippen LogP contribution in [0.1, 0.15) is 38.3 Å². The first-order valence-corrected chi connectivity index (χ1v) is 7.62. The summed E-state index contributed by atoms with van der Waals surface area (Å²) in [4.78, 5) is 14.1. The first-order valence-electron chi connectivity index (χ1n) is 6.36. The third-order valence-corrected chi connectivity index (χ3v) is 4.49. The zero-order valence-corrected chi connectivity index (χ0v) is 12.4. The summed E-state index contributed by atoms with van der Waals surface area (Å²) in [6.07, 6.45) is 2.27. The Balaban J connectivity index is 1.90. The molecule has 1 aliphatic rings. The summed E-state index contributed by atoms with van der Waals surface area (Å²) in [5.41, 5.74) is 1.14. The number of halogens is 1. The lowest BCUT2D eigenvalue weighted by atomic mass is 10.1. The molecule has 5 heteroatoms. The number of rotatable bonds is 4. The maximum absolute atomic E-state index is 12.2. The van der Waals surface area contributed by atoms with Gasteiger partial charge in [0.05, 0.1) is 10.4 Å². The summed E-state index contributed by atoms with van der Waals surface area (Å²) in [5, 5.41) is 5.38. The maximum Gasteiger partial charge on any atom is 0.239 e. The Hall–Kier alpha value is -0.580. The van der Waals surface area contributed by atoms with Crippen molar-refractivity contribution in [1.29, 1.82) is 0 Å². The van der Waals surface area contributed by atoms with Gasteiger partial charge in [-0.25, -0.2) is 0 Å². The highest BCUT2D eigenvalue weighted by Crippen LogP contribution is 2.25. The number of carbonyl (C=O) groups excluding carboxylic acids is 1. The van der Waals surface area contributed by atoms with E-state index in [4.69, 9.17) is 11.6 Å². The van der Waals surface area contributed by atoms with Crippen molar-refractivity contribution in [3.05, 3.63) is 21.3 Å². The molecule has 2 unspecified atom stereocenters. The Labute approximate surface area is 117 Å². The van der Waals surface area contributed by atoms with E-state index in [0.29, 0.717) is 0 Å². The van der Waals surface area contributed by atoms with Crippen molar-refractivity contribution in [3.8, 4) is 0 Å². The van der Waals surface area contributed by atoms with E-state index < -0.39 is 0 Å². The van der Waals surface area contributed by atoms with Gasteiger partial charge in [-0.15, -0.1) is 11.3 Å². The highest BCUT2D eigenvalue weighted by molar-refractivity contribution is 7.14. The summed E-state index contributed by atoms with van der Waals surface area (Å²) in [6.45, 7) is 5.81. The molecule has 0 bridgehead atoms. The highest BCUT2D eigenvalue weighted by atomic mass is 35.5. The van der Waals surface area contributed by atoms with Gasteiger partial charge >= 0.3 is 0 Å². The summed E-state index contributed by atoms with van der Waals surface area (Å²) >= 11 is 7.45. The number of hydrogen-bond acceptors (Lipinski definition) is 3. The number of nitrogens with one attached hydrogen (secondary N) is 1. The quantitative estimate of drug-likeness (QED) is 0.923. The molecule has 1 fully saturated rings. The smallest absolute Gasteiger partial charge is 0.239 e. The molecule has 0 aromatic carbocycles. The molecule has 0 radical (unpaired) electrons. The third-order valence-electron chi connectivity index (χ3n) is 3.38. The summed E-state index contributed by atoms with van der Waals surface area (Å²) < 4.78 is 0.789. The molecule has 0 aliphatic carbocycles. The number of likely N-dealkylation sites (tertiary alicyclic amines) is 1. The van der Waals surface area contributed by atoms with Crippen LogP contribution in [0.3, 0.4) is 0 Å². The predicted octanol–water partition coefficient (Wildman–Crippen LogP) is 3.06. The van der Waals surface area contributed by atoms with Crippen LogP contribution in [0.25, 0.3) is 0 Å². The minimum atomic E-state index is -0.142. The first-order chi connectivity index (χ1) is 8.58. The fourth-order valence-corrected chi connectivity index (χ4v) is 3.29. The van der Waals surface area contributed by atoms with Gasteiger partial charge in [0.2, 0.25) is 5.91 Å². The average molecular weight is 287 g/mol. The molecule has 0 spiro atoms. The minimum absolute atomic E-state index is 0.142. The fourth-order valence-electron chi connectivity index (χ4n) is 2.30. The van der Waals surface area contributed by atoms with Crippen LogP contribution in [0, 0.1) is 0 Å². The molecular weight excluding hydrogens is 268 g/mol. The van der Waals surface area contributed by atoms with Gasteiger partial charge in [-0.2, -0.15) is 0 Å². The molecule has 2 heterocycles. The van der Waals surface area contributed by atoms with Crippen molar-refractivity contribution in [2.75, 3.05) is 13.1 Å². The third kappa shape index (κ3) is 3.25. The van der Waals surface area contributed by atoms with Gasteiger partial charge in [0.25, 0.3) is 0 Å². The summed E-state index contributed by atoms with van der Waals surface area (Å²) in [7, 11) is 0. The number of carbonyl (C=O) groups is 1. The second-order valence-electron chi connectivity index (χ2n) is 4.83. The van der Waals surface area contributed by atoms with Crippen LogP contribution in [-0.2, 0) is 4.79 Å². The number of nitrogens with zero attached hydrogens (tertiary/aromatic N) is 1. The number of hydrogen-bond donors (Lipinski definition) is 1. The van der Waals surface area contributed by atoms with Crippen LogP contribution in [0.2, 0.25) is 4.34 Å². The lowest BCUT2D eigenvalue weighted by Gasteiger charge is -2.24. The van der Waals surface area contributed by atoms with Crippen molar-refractivity contribution in [3.63, 3.8) is 0 Å². The van der Waals surface area contributed by atoms with Crippen molar-refractivity contribution >= 4 is 28.8 Å². The molecule has 1 aromatic rings. The molecule has 1 aromatic heterocycles. The largest absolute Gasteiger partial charge is 0.341 e. The molecule has 100 valence electrons.